The third-order valence-electron chi connectivity index (χ3n) is 2.81. The van der Waals surface area contributed by atoms with Crippen molar-refractivity contribution < 1.29 is 9.90 Å². The molecule has 0 bridgehead atoms. The Kier molecular flexibility index (Phi) is 2.30. The van der Waals surface area contributed by atoms with Gasteiger partial charge in [-0.15, -0.1) is 0 Å². The van der Waals surface area contributed by atoms with E-state index in [4.69, 9.17) is 0 Å². The highest BCUT2D eigenvalue weighted by Crippen LogP contribution is 2.28. The average Bonchev–Trinajstić information content (AvgIpc) is 2.91. The average molecular weight is 239 g/mol. The molecule has 3 aromatic rings. The number of nitrogens with zero attached hydrogens (tertiary/aromatic N) is 2. The summed E-state index contributed by atoms with van der Waals surface area (Å²) < 4.78 is 0. The van der Waals surface area contributed by atoms with Gasteiger partial charge < -0.3 is 5.11 Å². The molecule has 0 fully saturated rings. The van der Waals surface area contributed by atoms with Crippen LogP contribution in [-0.4, -0.2) is 26.3 Å². The van der Waals surface area contributed by atoms with Crippen molar-refractivity contribution in [3.05, 3.63) is 48.3 Å². The molecular weight excluding hydrogens is 230 g/mol. The summed E-state index contributed by atoms with van der Waals surface area (Å²) in [5.74, 6) is -0.387. The summed E-state index contributed by atoms with van der Waals surface area (Å²) >= 11 is 0. The number of nitrogens with one attached hydrogen (secondary N) is 1. The number of carboxylic acid groups (broad SMARTS) is 1. The first-order chi connectivity index (χ1) is 8.77. The summed E-state index contributed by atoms with van der Waals surface area (Å²) in [7, 11) is 0. The number of carbonyl (C=O) groups is 1. The molecule has 0 saturated carbocycles. The van der Waals surface area contributed by atoms with Gasteiger partial charge in [0, 0.05) is 10.9 Å². The smallest absolute Gasteiger partial charge is 0.336 e. The van der Waals surface area contributed by atoms with Gasteiger partial charge in [-0.05, 0) is 11.5 Å². The quantitative estimate of drug-likeness (QED) is 0.719. The first-order valence-corrected chi connectivity index (χ1v) is 5.38. The van der Waals surface area contributed by atoms with Gasteiger partial charge in [-0.25, -0.2) is 9.78 Å². The van der Waals surface area contributed by atoms with Crippen molar-refractivity contribution >= 4 is 16.7 Å². The van der Waals surface area contributed by atoms with Crippen molar-refractivity contribution in [2.45, 2.75) is 0 Å². The predicted octanol–water partition coefficient (Wildman–Crippen LogP) is 2.32. The largest absolute Gasteiger partial charge is 0.478 e. The van der Waals surface area contributed by atoms with E-state index in [1.54, 1.807) is 12.1 Å². The molecule has 2 aromatic carbocycles. The minimum atomic E-state index is -0.951. The lowest BCUT2D eigenvalue weighted by Crippen LogP contribution is -1.98. The van der Waals surface area contributed by atoms with Crippen LogP contribution in [0.4, 0.5) is 0 Å². The van der Waals surface area contributed by atoms with Crippen LogP contribution in [0.3, 0.4) is 0 Å². The Morgan fingerprint density at radius 3 is 2.61 bits per heavy atom. The Bertz CT molecular complexity index is 715. The Hall–Kier alpha value is -2.69. The van der Waals surface area contributed by atoms with Crippen LogP contribution in [0.25, 0.3) is 22.2 Å². The number of carboxylic acids is 1. The second kappa shape index (κ2) is 3.96. The molecule has 0 saturated heterocycles. The Balaban J connectivity index is 2.42. The Morgan fingerprint density at radius 1 is 1.17 bits per heavy atom. The zero-order chi connectivity index (χ0) is 12.5. The number of aromatic amines is 1. The van der Waals surface area contributed by atoms with Gasteiger partial charge in [0.1, 0.15) is 6.33 Å². The van der Waals surface area contributed by atoms with E-state index in [1.807, 2.05) is 24.3 Å². The molecule has 5 nitrogen and oxygen atoms in total. The molecule has 88 valence electrons. The molecule has 5 heteroatoms. The predicted molar refractivity (Wildman–Crippen MR) is 66.3 cm³/mol. The lowest BCUT2D eigenvalue weighted by molar-refractivity contribution is 0.0699. The van der Waals surface area contributed by atoms with Crippen molar-refractivity contribution in [1.29, 1.82) is 0 Å². The van der Waals surface area contributed by atoms with E-state index in [0.717, 1.165) is 10.9 Å². The molecule has 0 radical (unpaired) electrons. The van der Waals surface area contributed by atoms with Crippen molar-refractivity contribution in [3.8, 4) is 11.4 Å². The zero-order valence-electron chi connectivity index (χ0n) is 9.29. The summed E-state index contributed by atoms with van der Waals surface area (Å²) in [6.07, 6.45) is 1.40. The van der Waals surface area contributed by atoms with Gasteiger partial charge in [0.2, 0.25) is 0 Å². The second-order valence-corrected chi connectivity index (χ2v) is 3.85. The summed E-state index contributed by atoms with van der Waals surface area (Å²) in [5, 5.41) is 17.3. The van der Waals surface area contributed by atoms with Gasteiger partial charge in [0.25, 0.3) is 0 Å². The molecule has 0 spiro atoms. The summed E-state index contributed by atoms with van der Waals surface area (Å²) in [5.41, 5.74) is 1.00. The Labute approximate surface area is 102 Å². The molecule has 1 heterocycles. The van der Waals surface area contributed by atoms with Crippen LogP contribution in [0.2, 0.25) is 0 Å². The van der Waals surface area contributed by atoms with Crippen molar-refractivity contribution in [3.63, 3.8) is 0 Å². The van der Waals surface area contributed by atoms with Crippen LogP contribution in [0.15, 0.2) is 42.7 Å². The fourth-order valence-corrected chi connectivity index (χ4v) is 2.05. The van der Waals surface area contributed by atoms with Gasteiger partial charge >= 0.3 is 5.97 Å². The van der Waals surface area contributed by atoms with Crippen molar-refractivity contribution in [2.24, 2.45) is 0 Å². The van der Waals surface area contributed by atoms with Gasteiger partial charge in [-0.1, -0.05) is 30.3 Å². The van der Waals surface area contributed by atoms with Gasteiger partial charge in [-0.2, -0.15) is 5.10 Å². The normalized spacial score (nSPS) is 10.7. The molecule has 0 atom stereocenters. The van der Waals surface area contributed by atoms with E-state index < -0.39 is 5.97 Å². The standard InChI is InChI=1S/C13H9N3O2/c17-13(18)10-6-2-4-8-3-1-5-9(11(8)10)12-14-7-15-16-12/h1-7H,(H,17,18)(H,14,15,16). The van der Waals surface area contributed by atoms with Crippen molar-refractivity contribution in [1.82, 2.24) is 15.2 Å². The number of benzene rings is 2. The molecule has 0 aliphatic heterocycles. The summed E-state index contributed by atoms with van der Waals surface area (Å²) in [6.45, 7) is 0. The fourth-order valence-electron chi connectivity index (χ4n) is 2.05. The number of hydrogen-bond donors (Lipinski definition) is 2. The highest BCUT2D eigenvalue weighted by atomic mass is 16.4. The zero-order valence-corrected chi connectivity index (χ0v) is 9.29. The van der Waals surface area contributed by atoms with Gasteiger partial charge in [-0.3, -0.25) is 5.10 Å². The van der Waals surface area contributed by atoms with Crippen LogP contribution >= 0.6 is 0 Å². The highest BCUT2D eigenvalue weighted by molar-refractivity contribution is 6.09. The maximum absolute atomic E-state index is 11.3. The Morgan fingerprint density at radius 2 is 1.94 bits per heavy atom. The van der Waals surface area contributed by atoms with Crippen LogP contribution in [0.5, 0.6) is 0 Å². The maximum Gasteiger partial charge on any atom is 0.336 e. The van der Waals surface area contributed by atoms with Crippen molar-refractivity contribution in [2.75, 3.05) is 0 Å². The molecule has 18 heavy (non-hydrogen) atoms. The molecule has 3 rings (SSSR count). The minimum absolute atomic E-state index is 0.263. The fraction of sp³-hybridized carbons (Fsp3) is 0. The SMILES string of the molecule is O=C(O)c1cccc2cccc(-c3ncn[nH]3)c12. The number of hydrogen-bond acceptors (Lipinski definition) is 3. The summed E-state index contributed by atoms with van der Waals surface area (Å²) in [6, 6.07) is 10.8. The topological polar surface area (TPSA) is 78.9 Å². The van der Waals surface area contributed by atoms with E-state index >= 15 is 0 Å². The monoisotopic (exact) mass is 239 g/mol. The highest BCUT2D eigenvalue weighted by Gasteiger charge is 2.13. The molecule has 0 amide bonds. The number of aromatic nitrogens is 3. The van der Waals surface area contributed by atoms with E-state index in [9.17, 15) is 9.90 Å². The molecule has 0 aliphatic rings. The number of rotatable bonds is 2. The van der Waals surface area contributed by atoms with Gasteiger partial charge in [0.05, 0.1) is 5.56 Å². The first-order valence-electron chi connectivity index (χ1n) is 5.38. The second-order valence-electron chi connectivity index (χ2n) is 3.85. The minimum Gasteiger partial charge on any atom is -0.478 e. The third kappa shape index (κ3) is 1.53. The molecular formula is C13H9N3O2. The van der Waals surface area contributed by atoms with E-state index in [0.29, 0.717) is 11.2 Å². The van der Waals surface area contributed by atoms with E-state index in [1.165, 1.54) is 6.33 Å². The maximum atomic E-state index is 11.3. The number of fused-ring (bicyclic) bond motifs is 1. The summed E-state index contributed by atoms with van der Waals surface area (Å²) in [4.78, 5) is 15.4. The first kappa shape index (κ1) is 10.5. The van der Waals surface area contributed by atoms with Gasteiger partial charge in [0.15, 0.2) is 5.82 Å². The van der Waals surface area contributed by atoms with E-state index in [2.05, 4.69) is 15.2 Å². The lowest BCUT2D eigenvalue weighted by atomic mass is 9.99. The van der Waals surface area contributed by atoms with E-state index in [-0.39, 0.29) is 5.56 Å². The van der Waals surface area contributed by atoms with Crippen LogP contribution < -0.4 is 0 Å². The molecule has 0 unspecified atom stereocenters. The molecule has 2 N–H and O–H groups in total. The molecule has 1 aromatic heterocycles. The van der Waals surface area contributed by atoms with Crippen LogP contribution in [0, 0.1) is 0 Å². The molecule has 0 aliphatic carbocycles. The van der Waals surface area contributed by atoms with Crippen LogP contribution in [-0.2, 0) is 0 Å². The number of H-pyrrole nitrogens is 1. The lowest BCUT2D eigenvalue weighted by Gasteiger charge is -2.06. The number of aromatic carboxylic acids is 1. The van der Waals surface area contributed by atoms with Crippen LogP contribution in [0.1, 0.15) is 10.4 Å². The third-order valence-corrected chi connectivity index (χ3v) is 2.81.